The first-order valence-electron chi connectivity index (χ1n) is 10.1. The van der Waals surface area contributed by atoms with Crippen LogP contribution in [-0.2, 0) is 14.8 Å². The van der Waals surface area contributed by atoms with Crippen LogP contribution in [-0.4, -0.2) is 34.0 Å². The largest absolute Gasteiger partial charge is 0.497 e. The summed E-state index contributed by atoms with van der Waals surface area (Å²) in [5.41, 5.74) is 0.336. The molecule has 0 heterocycles. The molecule has 2 fully saturated rings. The number of amides is 1. The van der Waals surface area contributed by atoms with Gasteiger partial charge in [-0.1, -0.05) is 6.42 Å². The molecule has 2 aliphatic carbocycles. The average Bonchev–Trinajstić information content (AvgIpc) is 3.35. The van der Waals surface area contributed by atoms with Gasteiger partial charge in [-0.25, -0.2) is 12.8 Å². The van der Waals surface area contributed by atoms with Crippen molar-refractivity contribution in [2.45, 2.75) is 36.6 Å². The number of nitrogens with zero attached hydrogens (tertiary/aromatic N) is 1. The van der Waals surface area contributed by atoms with Crippen molar-refractivity contribution < 1.29 is 22.3 Å². The zero-order valence-corrected chi connectivity index (χ0v) is 17.6. The van der Waals surface area contributed by atoms with E-state index >= 15 is 0 Å². The molecule has 3 atom stereocenters. The topological polar surface area (TPSA) is 75.7 Å². The zero-order chi connectivity index (χ0) is 21.3. The maximum absolute atomic E-state index is 13.3. The zero-order valence-electron chi connectivity index (χ0n) is 16.8. The molecule has 0 radical (unpaired) electrons. The number of anilines is 1. The third-order valence-electron chi connectivity index (χ3n) is 6.13. The fourth-order valence-corrected chi connectivity index (χ4v) is 6.02. The van der Waals surface area contributed by atoms with Gasteiger partial charge in [0.15, 0.2) is 0 Å². The van der Waals surface area contributed by atoms with Crippen molar-refractivity contribution in [1.29, 1.82) is 0 Å². The van der Waals surface area contributed by atoms with Crippen LogP contribution in [0, 0.1) is 17.7 Å². The number of sulfonamides is 1. The van der Waals surface area contributed by atoms with Crippen LogP contribution in [0.15, 0.2) is 53.4 Å². The normalized spacial score (nSPS) is 22.7. The molecule has 160 valence electrons. The van der Waals surface area contributed by atoms with E-state index in [0.717, 1.165) is 35.7 Å². The Balaban J connectivity index is 1.59. The van der Waals surface area contributed by atoms with E-state index in [-0.39, 0.29) is 23.4 Å². The molecule has 2 aromatic rings. The van der Waals surface area contributed by atoms with Crippen LogP contribution >= 0.6 is 0 Å². The lowest BCUT2D eigenvalue weighted by Gasteiger charge is -2.27. The van der Waals surface area contributed by atoms with E-state index in [9.17, 15) is 17.6 Å². The van der Waals surface area contributed by atoms with Gasteiger partial charge in [-0.3, -0.25) is 9.10 Å². The van der Waals surface area contributed by atoms with Crippen molar-refractivity contribution in [1.82, 2.24) is 5.32 Å². The highest BCUT2D eigenvalue weighted by Gasteiger charge is 2.40. The molecule has 0 spiro atoms. The molecular weight excluding hydrogens is 407 g/mol. The minimum absolute atomic E-state index is 0.0764. The molecule has 2 bridgehead atoms. The maximum Gasteiger partial charge on any atom is 0.264 e. The molecule has 1 N–H and O–H groups in total. The lowest BCUT2D eigenvalue weighted by Crippen LogP contribution is -2.46. The van der Waals surface area contributed by atoms with E-state index in [2.05, 4.69) is 5.32 Å². The Morgan fingerprint density at radius 3 is 2.37 bits per heavy atom. The van der Waals surface area contributed by atoms with E-state index in [1.54, 1.807) is 24.3 Å². The summed E-state index contributed by atoms with van der Waals surface area (Å²) < 4.78 is 46.1. The van der Waals surface area contributed by atoms with E-state index in [0.29, 0.717) is 23.3 Å². The van der Waals surface area contributed by atoms with Gasteiger partial charge in [0.1, 0.15) is 18.1 Å². The van der Waals surface area contributed by atoms with E-state index < -0.39 is 15.8 Å². The van der Waals surface area contributed by atoms with Gasteiger partial charge >= 0.3 is 0 Å². The molecule has 0 aromatic heterocycles. The minimum Gasteiger partial charge on any atom is -0.497 e. The number of rotatable bonds is 7. The third kappa shape index (κ3) is 4.14. The number of ether oxygens (including phenoxy) is 1. The Bertz CT molecular complexity index is 1010. The Hall–Kier alpha value is -2.61. The third-order valence-corrected chi connectivity index (χ3v) is 7.92. The molecule has 6 nitrogen and oxygen atoms in total. The molecule has 8 heteroatoms. The summed E-state index contributed by atoms with van der Waals surface area (Å²) >= 11 is 0. The summed E-state index contributed by atoms with van der Waals surface area (Å²) in [4.78, 5) is 12.7. The summed E-state index contributed by atoms with van der Waals surface area (Å²) in [5, 5.41) is 3.04. The van der Waals surface area contributed by atoms with Crippen molar-refractivity contribution in [3.8, 4) is 5.75 Å². The first-order valence-corrected chi connectivity index (χ1v) is 11.5. The Morgan fingerprint density at radius 2 is 1.80 bits per heavy atom. The van der Waals surface area contributed by atoms with Gasteiger partial charge in [-0.2, -0.15) is 0 Å². The number of nitrogens with one attached hydrogen (secondary N) is 1. The van der Waals surface area contributed by atoms with Crippen LogP contribution in [0.1, 0.15) is 25.7 Å². The van der Waals surface area contributed by atoms with E-state index in [1.165, 1.54) is 25.7 Å². The van der Waals surface area contributed by atoms with Crippen LogP contribution in [0.4, 0.5) is 10.1 Å². The standard InChI is InChI=1S/C22H25FN2O4S/c1-29-19-8-6-18(7-9-19)25(30(27,28)20-10-4-17(23)5-11-20)14-22(26)24-21-13-15-2-3-16(21)12-15/h4-11,15-16,21H,2-3,12-14H2,1H3,(H,24,26)/t15-,16-,21+/m0/s1. The number of hydrogen-bond acceptors (Lipinski definition) is 4. The molecule has 0 aliphatic heterocycles. The molecule has 30 heavy (non-hydrogen) atoms. The second-order valence-corrected chi connectivity index (χ2v) is 9.87. The summed E-state index contributed by atoms with van der Waals surface area (Å²) in [6.45, 7) is -0.347. The highest BCUT2D eigenvalue weighted by molar-refractivity contribution is 7.92. The van der Waals surface area contributed by atoms with Gasteiger partial charge in [0.2, 0.25) is 5.91 Å². The first-order chi connectivity index (χ1) is 14.4. The molecule has 0 saturated heterocycles. The predicted molar refractivity (Wildman–Crippen MR) is 111 cm³/mol. The number of fused-ring (bicyclic) bond motifs is 2. The number of carbonyl (C=O) groups excluding carboxylic acids is 1. The molecule has 1 amide bonds. The van der Waals surface area contributed by atoms with Crippen LogP contribution in [0.3, 0.4) is 0 Å². The fourth-order valence-electron chi connectivity index (χ4n) is 4.60. The molecule has 2 aromatic carbocycles. The lowest BCUT2D eigenvalue weighted by molar-refractivity contribution is -0.120. The van der Waals surface area contributed by atoms with Crippen molar-refractivity contribution >= 4 is 21.6 Å². The lowest BCUT2D eigenvalue weighted by atomic mass is 9.95. The number of methoxy groups -OCH3 is 1. The average molecular weight is 433 g/mol. The summed E-state index contributed by atoms with van der Waals surface area (Å²) in [6, 6.07) is 11.2. The Labute approximate surface area is 176 Å². The summed E-state index contributed by atoms with van der Waals surface area (Å²) in [6.07, 6.45) is 4.43. The molecular formula is C22H25FN2O4S. The smallest absolute Gasteiger partial charge is 0.264 e. The molecule has 2 saturated carbocycles. The van der Waals surface area contributed by atoms with Crippen molar-refractivity contribution in [3.05, 3.63) is 54.3 Å². The van der Waals surface area contributed by atoms with Gasteiger partial charge in [-0.15, -0.1) is 0 Å². The Kier molecular flexibility index (Phi) is 5.69. The van der Waals surface area contributed by atoms with Crippen LogP contribution in [0.5, 0.6) is 5.75 Å². The number of halogens is 1. The van der Waals surface area contributed by atoms with Gasteiger partial charge in [0, 0.05) is 6.04 Å². The second kappa shape index (κ2) is 8.26. The van der Waals surface area contributed by atoms with Crippen LogP contribution in [0.2, 0.25) is 0 Å². The van der Waals surface area contributed by atoms with Gasteiger partial charge < -0.3 is 10.1 Å². The van der Waals surface area contributed by atoms with Gasteiger partial charge in [0.25, 0.3) is 10.0 Å². The highest BCUT2D eigenvalue weighted by atomic mass is 32.2. The van der Waals surface area contributed by atoms with Crippen molar-refractivity contribution in [2.24, 2.45) is 11.8 Å². The summed E-state index contributed by atoms with van der Waals surface area (Å²) in [7, 11) is -2.55. The summed E-state index contributed by atoms with van der Waals surface area (Å²) in [5.74, 6) is 0.861. The number of benzene rings is 2. The second-order valence-electron chi connectivity index (χ2n) is 8.01. The fraction of sp³-hybridized carbons (Fsp3) is 0.409. The molecule has 0 unspecified atom stereocenters. The Morgan fingerprint density at radius 1 is 1.10 bits per heavy atom. The van der Waals surface area contributed by atoms with Crippen LogP contribution < -0.4 is 14.4 Å². The minimum atomic E-state index is -4.06. The van der Waals surface area contributed by atoms with Crippen LogP contribution in [0.25, 0.3) is 0 Å². The van der Waals surface area contributed by atoms with Crippen molar-refractivity contribution in [3.63, 3.8) is 0 Å². The van der Waals surface area contributed by atoms with E-state index in [1.807, 2.05) is 0 Å². The predicted octanol–water partition coefficient (Wildman–Crippen LogP) is 3.33. The van der Waals surface area contributed by atoms with Crippen molar-refractivity contribution in [2.75, 3.05) is 18.0 Å². The van der Waals surface area contributed by atoms with Gasteiger partial charge in [0.05, 0.1) is 17.7 Å². The quantitative estimate of drug-likeness (QED) is 0.728. The molecule has 2 aliphatic rings. The maximum atomic E-state index is 13.3. The number of hydrogen-bond donors (Lipinski definition) is 1. The number of carbonyl (C=O) groups is 1. The first kappa shape index (κ1) is 20.7. The SMILES string of the molecule is COc1ccc(N(CC(=O)N[C@@H]2C[C@H]3CC[C@H]2C3)S(=O)(=O)c2ccc(F)cc2)cc1. The molecule has 4 rings (SSSR count). The monoisotopic (exact) mass is 432 g/mol. The highest BCUT2D eigenvalue weighted by Crippen LogP contribution is 2.44. The van der Waals surface area contributed by atoms with Gasteiger partial charge in [-0.05, 0) is 79.6 Å². The van der Waals surface area contributed by atoms with E-state index in [4.69, 9.17) is 4.74 Å².